The lowest BCUT2D eigenvalue weighted by atomic mass is 10.0. The second kappa shape index (κ2) is 4.64. The van der Waals surface area contributed by atoms with E-state index < -0.39 is 10.8 Å². The van der Waals surface area contributed by atoms with Gasteiger partial charge in [-0.15, -0.1) is 0 Å². The van der Waals surface area contributed by atoms with Crippen molar-refractivity contribution in [3.63, 3.8) is 0 Å². The van der Waals surface area contributed by atoms with Crippen LogP contribution in [-0.4, -0.2) is 17.0 Å². The molecule has 0 saturated heterocycles. The third kappa shape index (κ3) is 2.25. The van der Waals surface area contributed by atoms with Gasteiger partial charge in [-0.1, -0.05) is 11.6 Å². The summed E-state index contributed by atoms with van der Waals surface area (Å²) in [6, 6.07) is 5.92. The zero-order valence-electron chi connectivity index (χ0n) is 8.63. The van der Waals surface area contributed by atoms with E-state index in [0.717, 1.165) is 29.1 Å². The predicted molar refractivity (Wildman–Crippen MR) is 63.8 cm³/mol. The van der Waals surface area contributed by atoms with Gasteiger partial charge in [0.2, 0.25) is 0 Å². The van der Waals surface area contributed by atoms with Crippen LogP contribution in [-0.2, 0) is 10.8 Å². The summed E-state index contributed by atoms with van der Waals surface area (Å²) in [5.74, 6) is 0.757. The molecule has 1 aliphatic rings. The van der Waals surface area contributed by atoms with Gasteiger partial charge in [-0.2, -0.15) is 0 Å². The monoisotopic (exact) mass is 243 g/mol. The predicted octanol–water partition coefficient (Wildman–Crippen LogP) is 2.50. The fourth-order valence-electron chi connectivity index (χ4n) is 1.98. The van der Waals surface area contributed by atoms with E-state index in [1.165, 1.54) is 0 Å². The fraction of sp³-hybridized carbons (Fsp3) is 0.455. The van der Waals surface area contributed by atoms with Crippen molar-refractivity contribution in [3.05, 3.63) is 28.8 Å². The first kappa shape index (κ1) is 11.1. The maximum Gasteiger partial charge on any atom is 0.0532 e. The van der Waals surface area contributed by atoms with Crippen molar-refractivity contribution >= 4 is 22.4 Å². The van der Waals surface area contributed by atoms with E-state index in [1.54, 1.807) is 0 Å². The Labute approximate surface area is 97.5 Å². The highest BCUT2D eigenvalue weighted by atomic mass is 35.5. The molecule has 0 saturated carbocycles. The van der Waals surface area contributed by atoms with E-state index in [-0.39, 0.29) is 6.04 Å². The molecule has 2 atom stereocenters. The van der Waals surface area contributed by atoms with Gasteiger partial charge < -0.3 is 5.32 Å². The quantitative estimate of drug-likeness (QED) is 0.821. The van der Waals surface area contributed by atoms with Gasteiger partial charge in [0.1, 0.15) is 0 Å². The summed E-state index contributed by atoms with van der Waals surface area (Å²) < 4.78 is 11.9. The molecule has 2 nitrogen and oxygen atoms in total. The number of rotatable bonds is 1. The summed E-state index contributed by atoms with van der Waals surface area (Å²) in [5.41, 5.74) is 1.10. The van der Waals surface area contributed by atoms with Gasteiger partial charge in [0.25, 0.3) is 0 Å². The third-order valence-corrected chi connectivity index (χ3v) is 4.52. The van der Waals surface area contributed by atoms with Gasteiger partial charge in [0.15, 0.2) is 0 Å². The highest BCUT2D eigenvalue weighted by Gasteiger charge is 2.21. The van der Waals surface area contributed by atoms with Gasteiger partial charge in [-0.3, -0.25) is 4.21 Å². The summed E-state index contributed by atoms with van der Waals surface area (Å²) in [6.07, 6.45) is 2.01. The average Bonchev–Trinajstić information content (AvgIpc) is 2.38. The number of benzene rings is 1. The van der Waals surface area contributed by atoms with Crippen LogP contribution >= 0.6 is 11.6 Å². The van der Waals surface area contributed by atoms with E-state index in [1.807, 2.05) is 25.2 Å². The number of halogens is 1. The van der Waals surface area contributed by atoms with E-state index in [2.05, 4.69) is 5.32 Å². The summed E-state index contributed by atoms with van der Waals surface area (Å²) in [6.45, 7) is 0. The summed E-state index contributed by atoms with van der Waals surface area (Å²) in [7, 11) is 1.07. The molecule has 1 aliphatic heterocycles. The van der Waals surface area contributed by atoms with E-state index in [4.69, 9.17) is 11.6 Å². The van der Waals surface area contributed by atoms with Crippen LogP contribution in [0.5, 0.6) is 0 Å². The average molecular weight is 244 g/mol. The first-order valence-electron chi connectivity index (χ1n) is 5.07. The molecule has 4 heteroatoms. The van der Waals surface area contributed by atoms with Crippen molar-refractivity contribution < 1.29 is 4.21 Å². The zero-order valence-corrected chi connectivity index (χ0v) is 10.2. The molecule has 1 aromatic carbocycles. The lowest BCUT2D eigenvalue weighted by molar-refractivity contribution is 0.541. The first-order chi connectivity index (χ1) is 7.22. The Hall–Kier alpha value is -0.380. The smallest absolute Gasteiger partial charge is 0.0532 e. The van der Waals surface area contributed by atoms with Crippen LogP contribution in [0.25, 0.3) is 0 Å². The normalized spacial score (nSPS) is 25.7. The second-order valence-corrected chi connectivity index (χ2v) is 5.69. The summed E-state index contributed by atoms with van der Waals surface area (Å²) in [5, 5.41) is 3.97. The Morgan fingerprint density at radius 1 is 1.53 bits per heavy atom. The minimum absolute atomic E-state index is 0.283. The molecule has 0 spiro atoms. The Balaban J connectivity index is 2.51. The molecule has 1 heterocycles. The molecule has 0 amide bonds. The van der Waals surface area contributed by atoms with E-state index in [9.17, 15) is 4.21 Å². The van der Waals surface area contributed by atoms with E-state index in [0.29, 0.717) is 5.02 Å². The van der Waals surface area contributed by atoms with Crippen LogP contribution in [0.4, 0.5) is 0 Å². The maximum absolute atomic E-state index is 11.9. The maximum atomic E-state index is 11.9. The number of fused-ring (bicyclic) bond motifs is 1. The lowest BCUT2D eigenvalue weighted by Gasteiger charge is -2.16. The van der Waals surface area contributed by atoms with Crippen LogP contribution in [0.15, 0.2) is 23.1 Å². The molecule has 0 aromatic heterocycles. The van der Waals surface area contributed by atoms with Crippen LogP contribution < -0.4 is 5.32 Å². The molecule has 1 N–H and O–H groups in total. The zero-order chi connectivity index (χ0) is 10.8. The fourth-order valence-corrected chi connectivity index (χ4v) is 3.50. The van der Waals surface area contributed by atoms with Crippen LogP contribution in [0, 0.1) is 0 Å². The van der Waals surface area contributed by atoms with Crippen molar-refractivity contribution in [3.8, 4) is 0 Å². The standard InChI is InChI=1S/C11H14ClNOS/c1-13-10-3-2-6-15(14)11-5-4-8(12)7-9(10)11/h4-5,7,10,13H,2-3,6H2,1H3. The van der Waals surface area contributed by atoms with Crippen molar-refractivity contribution in [1.29, 1.82) is 0 Å². The molecule has 0 fully saturated rings. The van der Waals surface area contributed by atoms with Gasteiger partial charge in [0, 0.05) is 21.7 Å². The molecule has 1 aromatic rings. The third-order valence-electron chi connectivity index (χ3n) is 2.76. The highest BCUT2D eigenvalue weighted by molar-refractivity contribution is 7.85. The summed E-state index contributed by atoms with van der Waals surface area (Å²) >= 11 is 5.97. The molecular weight excluding hydrogens is 230 g/mol. The van der Waals surface area contributed by atoms with Crippen LogP contribution in [0.1, 0.15) is 24.4 Å². The SMILES string of the molecule is CNC1CCCS(=O)c2ccc(Cl)cc21. The molecule has 0 radical (unpaired) electrons. The Morgan fingerprint density at radius 2 is 2.33 bits per heavy atom. The van der Waals surface area contributed by atoms with Crippen molar-refractivity contribution in [1.82, 2.24) is 5.32 Å². The summed E-state index contributed by atoms with van der Waals surface area (Å²) in [4.78, 5) is 0.941. The molecule has 2 rings (SSSR count). The van der Waals surface area contributed by atoms with Crippen LogP contribution in [0.3, 0.4) is 0 Å². The minimum atomic E-state index is -0.862. The number of hydrogen-bond donors (Lipinski definition) is 1. The molecular formula is C11H14ClNOS. The van der Waals surface area contributed by atoms with Crippen molar-refractivity contribution in [2.75, 3.05) is 12.8 Å². The highest BCUT2D eigenvalue weighted by Crippen LogP contribution is 2.30. The minimum Gasteiger partial charge on any atom is -0.313 e. The van der Waals surface area contributed by atoms with Gasteiger partial charge in [-0.05, 0) is 43.7 Å². The lowest BCUT2D eigenvalue weighted by Crippen LogP contribution is -2.16. The van der Waals surface area contributed by atoms with Gasteiger partial charge in [-0.25, -0.2) is 0 Å². The molecule has 2 unspecified atom stereocenters. The largest absolute Gasteiger partial charge is 0.313 e. The Morgan fingerprint density at radius 3 is 3.07 bits per heavy atom. The Bertz CT molecular complexity index is 394. The Kier molecular flexibility index (Phi) is 3.44. The van der Waals surface area contributed by atoms with Crippen molar-refractivity contribution in [2.45, 2.75) is 23.8 Å². The topological polar surface area (TPSA) is 29.1 Å². The van der Waals surface area contributed by atoms with Gasteiger partial charge in [0.05, 0.1) is 10.8 Å². The van der Waals surface area contributed by atoms with Crippen molar-refractivity contribution in [2.24, 2.45) is 0 Å². The molecule has 82 valence electrons. The molecule has 0 aliphatic carbocycles. The van der Waals surface area contributed by atoms with Crippen LogP contribution in [0.2, 0.25) is 5.02 Å². The molecule has 15 heavy (non-hydrogen) atoms. The molecule has 0 bridgehead atoms. The number of nitrogens with one attached hydrogen (secondary N) is 1. The van der Waals surface area contributed by atoms with Gasteiger partial charge >= 0.3 is 0 Å². The number of hydrogen-bond acceptors (Lipinski definition) is 2. The van der Waals surface area contributed by atoms with E-state index >= 15 is 0 Å². The first-order valence-corrected chi connectivity index (χ1v) is 6.77. The second-order valence-electron chi connectivity index (χ2n) is 3.72.